The van der Waals surface area contributed by atoms with Crippen LogP contribution in [0, 0.1) is 28.6 Å². The fraction of sp³-hybridized carbons (Fsp3) is 0.409. The highest BCUT2D eigenvalue weighted by atomic mass is 32.2. The lowest BCUT2D eigenvalue weighted by Gasteiger charge is -2.27. The average molecular weight is 423 g/mol. The molecule has 0 aliphatic carbocycles. The first kappa shape index (κ1) is 20.5. The van der Waals surface area contributed by atoms with Crippen LogP contribution in [0.1, 0.15) is 11.1 Å². The first-order chi connectivity index (χ1) is 14.6. The molecule has 0 radical (unpaired) electrons. The van der Waals surface area contributed by atoms with Crippen molar-refractivity contribution in [2.45, 2.75) is 11.1 Å². The summed E-state index contributed by atoms with van der Waals surface area (Å²) in [5.41, 5.74) is 2.24. The average Bonchev–Trinajstić information content (AvgIpc) is 2.68. The van der Waals surface area contributed by atoms with E-state index in [1.165, 1.54) is 0 Å². The van der Waals surface area contributed by atoms with Crippen molar-refractivity contribution in [1.82, 2.24) is 4.98 Å². The van der Waals surface area contributed by atoms with E-state index >= 15 is 0 Å². The molecule has 2 aliphatic heterocycles. The summed E-state index contributed by atoms with van der Waals surface area (Å²) < 4.78 is 16.2. The van der Waals surface area contributed by atoms with Gasteiger partial charge in [0.15, 0.2) is 0 Å². The van der Waals surface area contributed by atoms with E-state index in [1.54, 1.807) is 11.8 Å². The number of ether oxygens (including phenoxy) is 3. The summed E-state index contributed by atoms with van der Waals surface area (Å²) in [5, 5.41) is 20.5. The molecule has 0 spiro atoms. The summed E-state index contributed by atoms with van der Waals surface area (Å²) in [6.07, 6.45) is 0.0833. The van der Waals surface area contributed by atoms with E-state index < -0.39 is 0 Å². The molecule has 0 atom stereocenters. The normalized spacial score (nSPS) is 16.1. The molecule has 0 unspecified atom stereocenters. The molecule has 0 bridgehead atoms. The van der Waals surface area contributed by atoms with E-state index in [9.17, 15) is 10.5 Å². The van der Waals surface area contributed by atoms with E-state index in [0.29, 0.717) is 46.7 Å². The van der Waals surface area contributed by atoms with Gasteiger partial charge in [-0.05, 0) is 17.7 Å². The van der Waals surface area contributed by atoms with Crippen molar-refractivity contribution in [1.29, 1.82) is 10.5 Å². The number of hydrogen-bond donors (Lipinski definition) is 0. The number of nitriles is 2. The molecule has 3 heterocycles. The smallest absolute Gasteiger partial charge is 0.148 e. The summed E-state index contributed by atoms with van der Waals surface area (Å²) in [7, 11) is 3.70. The maximum Gasteiger partial charge on any atom is 0.148 e. The van der Waals surface area contributed by atoms with Crippen LogP contribution in [0.25, 0.3) is 11.1 Å². The van der Waals surface area contributed by atoms with Crippen LogP contribution in [0.5, 0.6) is 5.75 Å². The van der Waals surface area contributed by atoms with Crippen molar-refractivity contribution in [3.8, 4) is 29.0 Å². The Bertz CT molecular complexity index is 1000. The molecular formula is C22H22N4O3S. The largest absolute Gasteiger partial charge is 0.486 e. The number of hydrogen-bond acceptors (Lipinski definition) is 8. The number of rotatable bonds is 7. The lowest BCUT2D eigenvalue weighted by atomic mass is 9.96. The molecule has 2 aliphatic rings. The first-order valence-corrected chi connectivity index (χ1v) is 10.7. The molecule has 154 valence electrons. The summed E-state index contributed by atoms with van der Waals surface area (Å²) in [6, 6.07) is 12.1. The second-order valence-corrected chi connectivity index (χ2v) is 8.51. The molecular weight excluding hydrogens is 400 g/mol. The minimum Gasteiger partial charge on any atom is -0.486 e. The van der Waals surface area contributed by atoms with Crippen LogP contribution in [-0.4, -0.2) is 57.4 Å². The van der Waals surface area contributed by atoms with Gasteiger partial charge >= 0.3 is 0 Å². The van der Waals surface area contributed by atoms with Gasteiger partial charge in [-0.2, -0.15) is 10.5 Å². The molecule has 30 heavy (non-hydrogen) atoms. The van der Waals surface area contributed by atoms with Crippen LogP contribution < -0.4 is 9.64 Å². The minimum absolute atomic E-state index is 0.0833. The van der Waals surface area contributed by atoms with E-state index in [1.807, 2.05) is 43.3 Å². The minimum atomic E-state index is 0.0833. The van der Waals surface area contributed by atoms with Gasteiger partial charge in [0.2, 0.25) is 0 Å². The third-order valence-corrected chi connectivity index (χ3v) is 6.22. The van der Waals surface area contributed by atoms with Crippen LogP contribution >= 0.6 is 11.8 Å². The monoisotopic (exact) mass is 422 g/mol. The van der Waals surface area contributed by atoms with E-state index in [0.717, 1.165) is 30.3 Å². The molecule has 2 aromatic rings. The molecule has 1 aromatic carbocycles. The molecule has 1 aromatic heterocycles. The van der Waals surface area contributed by atoms with Gasteiger partial charge in [-0.3, -0.25) is 0 Å². The van der Waals surface area contributed by atoms with Crippen molar-refractivity contribution in [3.05, 3.63) is 35.4 Å². The second-order valence-electron chi connectivity index (χ2n) is 7.50. The molecule has 0 amide bonds. The highest BCUT2D eigenvalue weighted by Crippen LogP contribution is 2.38. The topological polar surface area (TPSA) is 91.4 Å². The van der Waals surface area contributed by atoms with E-state index in [2.05, 4.69) is 17.1 Å². The second kappa shape index (κ2) is 8.93. The van der Waals surface area contributed by atoms with Crippen LogP contribution in [0.15, 0.2) is 29.3 Å². The summed E-state index contributed by atoms with van der Waals surface area (Å²) in [6.45, 7) is 2.68. The molecule has 0 saturated carbocycles. The molecule has 7 nitrogen and oxygen atoms in total. The van der Waals surface area contributed by atoms with Gasteiger partial charge in [0.25, 0.3) is 0 Å². The van der Waals surface area contributed by atoms with Crippen LogP contribution in [0.4, 0.5) is 5.82 Å². The molecule has 8 heteroatoms. The zero-order chi connectivity index (χ0) is 21.1. The van der Waals surface area contributed by atoms with Gasteiger partial charge in [0.05, 0.1) is 32.0 Å². The zero-order valence-electron chi connectivity index (χ0n) is 16.9. The maximum atomic E-state index is 9.97. The van der Waals surface area contributed by atoms with Crippen molar-refractivity contribution in [2.75, 3.05) is 51.2 Å². The van der Waals surface area contributed by atoms with Crippen LogP contribution in [0.2, 0.25) is 0 Å². The Hall–Kier alpha value is -2.78. The van der Waals surface area contributed by atoms with Gasteiger partial charge in [-0.25, -0.2) is 4.98 Å². The maximum absolute atomic E-state index is 9.97. The van der Waals surface area contributed by atoms with E-state index in [-0.39, 0.29) is 6.10 Å². The fourth-order valence-electron chi connectivity index (χ4n) is 3.23. The number of anilines is 1. The number of nitrogens with zero attached hydrogens (tertiary/aromatic N) is 4. The Kier molecular flexibility index (Phi) is 6.10. The van der Waals surface area contributed by atoms with Crippen LogP contribution in [0.3, 0.4) is 0 Å². The Morgan fingerprint density at radius 2 is 1.73 bits per heavy atom. The van der Waals surface area contributed by atoms with Gasteiger partial charge in [0, 0.05) is 31.3 Å². The van der Waals surface area contributed by atoms with Crippen molar-refractivity contribution in [2.24, 2.45) is 5.92 Å². The third-order valence-electron chi connectivity index (χ3n) is 5.01. The lowest BCUT2D eigenvalue weighted by Crippen LogP contribution is -2.38. The first-order valence-electron chi connectivity index (χ1n) is 9.71. The van der Waals surface area contributed by atoms with Gasteiger partial charge < -0.3 is 19.1 Å². The third kappa shape index (κ3) is 4.08. The summed E-state index contributed by atoms with van der Waals surface area (Å²) in [4.78, 5) is 6.48. The van der Waals surface area contributed by atoms with Crippen molar-refractivity contribution < 1.29 is 14.2 Å². The van der Waals surface area contributed by atoms with Gasteiger partial charge in [0.1, 0.15) is 40.4 Å². The quantitative estimate of drug-likeness (QED) is 0.629. The molecule has 4 rings (SSSR count). The van der Waals surface area contributed by atoms with Gasteiger partial charge in [-0.15, -0.1) is 11.8 Å². The van der Waals surface area contributed by atoms with Crippen molar-refractivity contribution in [3.63, 3.8) is 0 Å². The van der Waals surface area contributed by atoms with Crippen molar-refractivity contribution >= 4 is 17.6 Å². The zero-order valence-corrected chi connectivity index (χ0v) is 17.7. The van der Waals surface area contributed by atoms with Gasteiger partial charge in [-0.1, -0.05) is 12.1 Å². The Labute approximate surface area is 180 Å². The number of aromatic nitrogens is 1. The summed E-state index contributed by atoms with van der Waals surface area (Å²) in [5.74, 6) is 2.60. The Morgan fingerprint density at radius 3 is 2.23 bits per heavy atom. The molecule has 2 fully saturated rings. The Balaban J connectivity index is 1.74. The predicted octanol–water partition coefficient (Wildman–Crippen LogP) is 3.07. The fourth-order valence-corrected chi connectivity index (χ4v) is 4.26. The summed E-state index contributed by atoms with van der Waals surface area (Å²) >= 11 is 1.55. The number of thioether (sulfide) groups is 1. The van der Waals surface area contributed by atoms with Crippen LogP contribution in [-0.2, 0) is 9.47 Å². The molecule has 2 saturated heterocycles. The Morgan fingerprint density at radius 1 is 1.07 bits per heavy atom. The highest BCUT2D eigenvalue weighted by molar-refractivity contribution is 7.99. The predicted molar refractivity (Wildman–Crippen MR) is 114 cm³/mol. The van der Waals surface area contributed by atoms with E-state index in [4.69, 9.17) is 14.2 Å². The lowest BCUT2D eigenvalue weighted by molar-refractivity contribution is -0.0796. The molecule has 0 N–H and O–H groups in total. The highest BCUT2D eigenvalue weighted by Gasteiger charge is 2.25. The number of benzene rings is 1. The standard InChI is InChI=1S/C22H22N4O3S/c1-26(2)21-18(7-23)20(15-3-5-16(6-4-15)29-17-11-28-12-17)19(8-24)22(25-21)30-13-14-9-27-10-14/h3-6,14,17H,9-13H2,1-2H3. The SMILES string of the molecule is CN(C)c1nc(SCC2COC2)c(C#N)c(-c2ccc(OC3COC3)cc2)c1C#N. The number of pyridine rings is 1.